The lowest BCUT2D eigenvalue weighted by Gasteiger charge is -2.28. The molecule has 0 saturated heterocycles. The fourth-order valence-electron chi connectivity index (χ4n) is 3.10. The Hall–Kier alpha value is -2.54. The van der Waals surface area contributed by atoms with Crippen molar-refractivity contribution in [3.63, 3.8) is 0 Å². The molecule has 0 bridgehead atoms. The van der Waals surface area contributed by atoms with E-state index in [1.165, 1.54) is 0 Å². The highest BCUT2D eigenvalue weighted by Crippen LogP contribution is 2.35. The summed E-state index contributed by atoms with van der Waals surface area (Å²) in [6.45, 7) is 3.70. The number of ether oxygens (including phenoxy) is 2. The number of aryl methyl sites for hydroxylation is 1. The van der Waals surface area contributed by atoms with E-state index in [4.69, 9.17) is 9.47 Å². The van der Waals surface area contributed by atoms with Gasteiger partial charge in [-0.15, -0.1) is 0 Å². The normalized spacial score (nSPS) is 14.3. The summed E-state index contributed by atoms with van der Waals surface area (Å²) in [6, 6.07) is 3.14. The first-order valence-corrected chi connectivity index (χ1v) is 7.76. The number of aromatic hydroxyl groups is 1. The van der Waals surface area contributed by atoms with Crippen molar-refractivity contribution in [3.8, 4) is 17.2 Å². The molecule has 0 aliphatic carbocycles. The number of fused-ring (bicyclic) bond motifs is 1. The molecule has 7 nitrogen and oxygen atoms in total. The van der Waals surface area contributed by atoms with Crippen LogP contribution in [0.1, 0.15) is 22.6 Å². The smallest absolute Gasteiger partial charge is 0.254 e. The highest BCUT2D eigenvalue weighted by atomic mass is 16.5. The molecule has 0 saturated carbocycles. The lowest BCUT2D eigenvalue weighted by Crippen LogP contribution is -2.35. The quantitative estimate of drug-likeness (QED) is 0.879. The van der Waals surface area contributed by atoms with Crippen LogP contribution in [0.4, 0.5) is 0 Å². The van der Waals surface area contributed by atoms with Crippen molar-refractivity contribution >= 4 is 0 Å². The van der Waals surface area contributed by atoms with Gasteiger partial charge in [0.25, 0.3) is 5.56 Å². The first-order valence-electron chi connectivity index (χ1n) is 7.76. The van der Waals surface area contributed by atoms with E-state index in [0.29, 0.717) is 36.8 Å². The molecule has 0 fully saturated rings. The van der Waals surface area contributed by atoms with E-state index in [1.807, 2.05) is 0 Å². The third-order valence-electron chi connectivity index (χ3n) is 4.25. The molecule has 1 aromatic heterocycles. The third kappa shape index (κ3) is 3.07. The Morgan fingerprint density at radius 3 is 2.58 bits per heavy atom. The number of methoxy groups -OCH3 is 2. The van der Waals surface area contributed by atoms with E-state index in [0.717, 1.165) is 23.4 Å². The molecule has 1 aliphatic heterocycles. The molecule has 1 aromatic carbocycles. The predicted octanol–water partition coefficient (Wildman–Crippen LogP) is 1.36. The SMILES string of the molecule is COc1cc(O)cc(OC)c1CN1CCc2c(nc(C)[nH]c2=O)C1. The number of aromatic amines is 1. The maximum Gasteiger partial charge on any atom is 0.254 e. The fourth-order valence-corrected chi connectivity index (χ4v) is 3.10. The predicted molar refractivity (Wildman–Crippen MR) is 88.6 cm³/mol. The van der Waals surface area contributed by atoms with Crippen LogP contribution in [0.2, 0.25) is 0 Å². The molecule has 2 N–H and O–H groups in total. The van der Waals surface area contributed by atoms with Crippen LogP contribution in [0.3, 0.4) is 0 Å². The zero-order valence-corrected chi connectivity index (χ0v) is 14.0. The van der Waals surface area contributed by atoms with Crippen LogP contribution < -0.4 is 15.0 Å². The molecule has 2 heterocycles. The molecule has 0 unspecified atom stereocenters. The van der Waals surface area contributed by atoms with Gasteiger partial charge in [-0.05, 0) is 13.3 Å². The second-order valence-electron chi connectivity index (χ2n) is 5.87. The average molecular weight is 331 g/mol. The van der Waals surface area contributed by atoms with Gasteiger partial charge >= 0.3 is 0 Å². The maximum atomic E-state index is 12.0. The molecule has 0 amide bonds. The first kappa shape index (κ1) is 16.3. The lowest BCUT2D eigenvalue weighted by molar-refractivity contribution is 0.232. The molecule has 1 aliphatic rings. The maximum absolute atomic E-state index is 12.0. The standard InChI is InChI=1S/C17H21N3O4/c1-10-18-14-9-20(5-4-12(14)17(22)19-10)8-13-15(23-2)6-11(21)7-16(13)24-3/h6-7,21H,4-5,8-9H2,1-3H3,(H,18,19,22). The Morgan fingerprint density at radius 2 is 1.96 bits per heavy atom. The zero-order valence-electron chi connectivity index (χ0n) is 14.0. The number of rotatable bonds is 4. The minimum absolute atomic E-state index is 0.0445. The molecule has 3 rings (SSSR count). The Morgan fingerprint density at radius 1 is 1.29 bits per heavy atom. The monoisotopic (exact) mass is 331 g/mol. The Balaban J connectivity index is 1.89. The number of hydrogen-bond acceptors (Lipinski definition) is 6. The van der Waals surface area contributed by atoms with Gasteiger partial charge in [0.1, 0.15) is 23.1 Å². The molecule has 0 radical (unpaired) electrons. The van der Waals surface area contributed by atoms with Crippen molar-refractivity contribution in [2.24, 2.45) is 0 Å². The Bertz CT molecular complexity index is 791. The van der Waals surface area contributed by atoms with Crippen LogP contribution in [0, 0.1) is 6.92 Å². The number of nitrogens with zero attached hydrogens (tertiary/aromatic N) is 2. The van der Waals surface area contributed by atoms with Crippen molar-refractivity contribution in [3.05, 3.63) is 45.1 Å². The number of hydrogen-bond donors (Lipinski definition) is 2. The highest BCUT2D eigenvalue weighted by Gasteiger charge is 2.23. The summed E-state index contributed by atoms with van der Waals surface area (Å²) in [7, 11) is 3.13. The Kier molecular flexibility index (Phi) is 4.44. The molecular weight excluding hydrogens is 310 g/mol. The van der Waals surface area contributed by atoms with Crippen LogP contribution in [0.25, 0.3) is 0 Å². The van der Waals surface area contributed by atoms with E-state index in [9.17, 15) is 9.90 Å². The Labute approximate surface area is 139 Å². The van der Waals surface area contributed by atoms with Gasteiger partial charge in [-0.3, -0.25) is 9.69 Å². The largest absolute Gasteiger partial charge is 0.508 e. The van der Waals surface area contributed by atoms with Crippen LogP contribution in [0.5, 0.6) is 17.2 Å². The van der Waals surface area contributed by atoms with Crippen molar-refractivity contribution < 1.29 is 14.6 Å². The lowest BCUT2D eigenvalue weighted by atomic mass is 10.0. The van der Waals surface area contributed by atoms with Gasteiger partial charge in [-0.1, -0.05) is 0 Å². The number of phenolic OH excluding ortho intramolecular Hbond substituents is 1. The van der Waals surface area contributed by atoms with Crippen LogP contribution in [0.15, 0.2) is 16.9 Å². The zero-order chi connectivity index (χ0) is 17.3. The highest BCUT2D eigenvalue weighted by molar-refractivity contribution is 5.50. The van der Waals surface area contributed by atoms with E-state index in [2.05, 4.69) is 14.9 Å². The van der Waals surface area contributed by atoms with Gasteiger partial charge in [0.05, 0.1) is 25.5 Å². The summed E-state index contributed by atoms with van der Waals surface area (Å²) in [5.41, 5.74) is 2.40. The minimum atomic E-state index is -0.0445. The number of H-pyrrole nitrogens is 1. The molecule has 24 heavy (non-hydrogen) atoms. The topological polar surface area (TPSA) is 87.7 Å². The molecule has 7 heteroatoms. The summed E-state index contributed by atoms with van der Waals surface area (Å²) < 4.78 is 10.8. The van der Waals surface area contributed by atoms with Gasteiger partial charge < -0.3 is 19.6 Å². The molecule has 0 spiro atoms. The molecular formula is C17H21N3O4. The van der Waals surface area contributed by atoms with E-state index >= 15 is 0 Å². The summed E-state index contributed by atoms with van der Waals surface area (Å²) in [5, 5.41) is 9.76. The van der Waals surface area contributed by atoms with Crippen LogP contribution >= 0.6 is 0 Å². The number of phenols is 1. The number of aromatic nitrogens is 2. The fraction of sp³-hybridized carbons (Fsp3) is 0.412. The summed E-state index contributed by atoms with van der Waals surface area (Å²) in [6.07, 6.45) is 0.653. The van der Waals surface area contributed by atoms with E-state index < -0.39 is 0 Å². The van der Waals surface area contributed by atoms with Gasteiger partial charge in [0.2, 0.25) is 0 Å². The second kappa shape index (κ2) is 6.52. The average Bonchev–Trinajstić information content (AvgIpc) is 2.55. The van der Waals surface area contributed by atoms with Gasteiger partial charge in [-0.2, -0.15) is 0 Å². The minimum Gasteiger partial charge on any atom is -0.508 e. The van der Waals surface area contributed by atoms with Crippen molar-refractivity contribution in [2.45, 2.75) is 26.4 Å². The van der Waals surface area contributed by atoms with Crippen molar-refractivity contribution in [1.82, 2.24) is 14.9 Å². The van der Waals surface area contributed by atoms with Crippen molar-refractivity contribution in [1.29, 1.82) is 0 Å². The van der Waals surface area contributed by atoms with Crippen molar-refractivity contribution in [2.75, 3.05) is 20.8 Å². The summed E-state index contributed by atoms with van der Waals surface area (Å²) >= 11 is 0. The van der Waals surface area contributed by atoms with Gasteiger partial charge in [0.15, 0.2) is 0 Å². The second-order valence-corrected chi connectivity index (χ2v) is 5.87. The molecule has 0 atom stereocenters. The van der Waals surface area contributed by atoms with Crippen LogP contribution in [-0.2, 0) is 19.5 Å². The van der Waals surface area contributed by atoms with Crippen LogP contribution in [-0.4, -0.2) is 40.7 Å². The third-order valence-corrected chi connectivity index (χ3v) is 4.25. The van der Waals surface area contributed by atoms with Gasteiger partial charge in [-0.25, -0.2) is 4.98 Å². The van der Waals surface area contributed by atoms with E-state index in [1.54, 1.807) is 33.3 Å². The summed E-state index contributed by atoms with van der Waals surface area (Å²) in [4.78, 5) is 21.4. The van der Waals surface area contributed by atoms with E-state index in [-0.39, 0.29) is 11.3 Å². The number of nitrogens with one attached hydrogen (secondary N) is 1. The molecule has 2 aromatic rings. The molecule has 128 valence electrons. The number of benzene rings is 1. The summed E-state index contributed by atoms with van der Waals surface area (Å²) in [5.74, 6) is 1.88. The van der Waals surface area contributed by atoms with Gasteiger partial charge in [0, 0.05) is 37.3 Å². The first-order chi connectivity index (χ1) is 11.5.